The van der Waals surface area contributed by atoms with E-state index >= 15 is 0 Å². The molecule has 1 saturated carbocycles. The van der Waals surface area contributed by atoms with Crippen molar-refractivity contribution in [2.24, 2.45) is 11.7 Å². The molecule has 3 rings (SSSR count). The number of hydrogen-bond acceptors (Lipinski definition) is 6. The molecule has 2 heterocycles. The zero-order valence-electron chi connectivity index (χ0n) is 16.2. The number of nitrogens with one attached hydrogen (secondary N) is 1. The number of primary amides is 1. The van der Waals surface area contributed by atoms with Gasteiger partial charge in [0, 0.05) is 24.7 Å². The summed E-state index contributed by atoms with van der Waals surface area (Å²) >= 11 is 1.40. The summed E-state index contributed by atoms with van der Waals surface area (Å²) in [7, 11) is 0. The Morgan fingerprint density at radius 2 is 2.21 bits per heavy atom. The monoisotopic (exact) mass is 401 g/mol. The van der Waals surface area contributed by atoms with Gasteiger partial charge in [0.05, 0.1) is 17.0 Å². The molecule has 1 aliphatic carbocycles. The molecule has 0 bridgehead atoms. The molecular weight excluding hydrogens is 374 g/mol. The summed E-state index contributed by atoms with van der Waals surface area (Å²) in [6, 6.07) is 3.93. The molecule has 7 nitrogen and oxygen atoms in total. The fourth-order valence-corrected chi connectivity index (χ4v) is 4.21. The first kappa shape index (κ1) is 20.6. The smallest absolute Gasteiger partial charge is 0.252 e. The van der Waals surface area contributed by atoms with Gasteiger partial charge in [0.15, 0.2) is 0 Å². The lowest BCUT2D eigenvalue weighted by Gasteiger charge is -2.31. The van der Waals surface area contributed by atoms with E-state index in [1.807, 2.05) is 6.26 Å². The number of aromatic nitrogens is 1. The van der Waals surface area contributed by atoms with Crippen LogP contribution in [0.25, 0.3) is 0 Å². The molecule has 2 aliphatic rings. The highest BCUT2D eigenvalue weighted by molar-refractivity contribution is 7.98. The maximum absolute atomic E-state index is 12.7. The van der Waals surface area contributed by atoms with Gasteiger partial charge in [-0.05, 0) is 57.5 Å². The van der Waals surface area contributed by atoms with Crippen molar-refractivity contribution in [3.8, 4) is 6.07 Å². The van der Waals surface area contributed by atoms with Crippen molar-refractivity contribution in [3.05, 3.63) is 22.9 Å². The predicted octanol–water partition coefficient (Wildman–Crippen LogP) is 1.87. The van der Waals surface area contributed by atoms with Crippen molar-refractivity contribution >= 4 is 23.6 Å². The number of pyridine rings is 1. The molecule has 28 heavy (non-hydrogen) atoms. The lowest BCUT2D eigenvalue weighted by atomic mass is 9.97. The summed E-state index contributed by atoms with van der Waals surface area (Å²) < 4.78 is 0. The van der Waals surface area contributed by atoms with Crippen molar-refractivity contribution < 1.29 is 9.59 Å². The molecule has 0 spiro atoms. The van der Waals surface area contributed by atoms with Crippen LogP contribution >= 0.6 is 11.8 Å². The van der Waals surface area contributed by atoms with Crippen LogP contribution in [-0.4, -0.2) is 54.1 Å². The van der Waals surface area contributed by atoms with Gasteiger partial charge in [0.25, 0.3) is 5.91 Å². The minimum Gasteiger partial charge on any atom is -0.369 e. The van der Waals surface area contributed by atoms with Gasteiger partial charge in [-0.25, -0.2) is 4.98 Å². The van der Waals surface area contributed by atoms with E-state index < -0.39 is 0 Å². The van der Waals surface area contributed by atoms with E-state index in [1.165, 1.54) is 11.8 Å². The molecule has 1 unspecified atom stereocenters. The number of nitriles is 1. The minimum absolute atomic E-state index is 0.0656. The molecular formula is C20H27N5O2S. The van der Waals surface area contributed by atoms with Crippen molar-refractivity contribution in [2.75, 3.05) is 32.4 Å². The van der Waals surface area contributed by atoms with E-state index in [9.17, 15) is 14.9 Å². The van der Waals surface area contributed by atoms with Gasteiger partial charge in [-0.3, -0.25) is 9.59 Å². The fourth-order valence-electron chi connectivity index (χ4n) is 3.65. The Morgan fingerprint density at radius 1 is 1.43 bits per heavy atom. The highest BCUT2D eigenvalue weighted by Gasteiger charge is 2.28. The first-order valence-corrected chi connectivity index (χ1v) is 11.0. The molecule has 150 valence electrons. The number of amides is 2. The molecule has 8 heteroatoms. The Labute approximate surface area is 170 Å². The van der Waals surface area contributed by atoms with Gasteiger partial charge < -0.3 is 16.0 Å². The van der Waals surface area contributed by atoms with E-state index in [1.54, 1.807) is 6.07 Å². The first-order valence-electron chi connectivity index (χ1n) is 9.82. The van der Waals surface area contributed by atoms with Crippen LogP contribution in [-0.2, 0) is 4.79 Å². The standard InChI is InChI=1S/C20H27N5O2S/c1-28-20-16(11-21)15(10-17(24-20)13-5-6-13)19(27)23-7-3-9-25-8-2-4-14(12-25)18(22)26/h10,13-14H,2-9,12H2,1H3,(H2,22,26)(H,23,27). The topological polar surface area (TPSA) is 112 Å². The third kappa shape index (κ3) is 5.03. The summed E-state index contributed by atoms with van der Waals surface area (Å²) in [5, 5.41) is 13.1. The Morgan fingerprint density at radius 3 is 2.86 bits per heavy atom. The normalized spacial score (nSPS) is 19.8. The second-order valence-electron chi connectivity index (χ2n) is 7.52. The molecule has 0 radical (unpaired) electrons. The number of thioether (sulfide) groups is 1. The Kier molecular flexibility index (Phi) is 6.92. The molecule has 2 fully saturated rings. The van der Waals surface area contributed by atoms with E-state index in [2.05, 4.69) is 21.3 Å². The maximum atomic E-state index is 12.7. The van der Waals surface area contributed by atoms with Gasteiger partial charge in [-0.2, -0.15) is 5.26 Å². The van der Waals surface area contributed by atoms with Gasteiger partial charge in [-0.15, -0.1) is 11.8 Å². The summed E-state index contributed by atoms with van der Waals surface area (Å²) in [6.07, 6.45) is 6.69. The number of nitrogens with zero attached hydrogens (tertiary/aromatic N) is 3. The summed E-state index contributed by atoms with van der Waals surface area (Å²) in [5.74, 6) is -0.0905. The Hall–Kier alpha value is -2.11. The SMILES string of the molecule is CSc1nc(C2CC2)cc(C(=O)NCCCN2CCCC(C(N)=O)C2)c1C#N. The Bertz CT molecular complexity index is 788. The molecule has 1 aromatic heterocycles. The molecule has 0 aromatic carbocycles. The zero-order valence-corrected chi connectivity index (χ0v) is 17.1. The van der Waals surface area contributed by atoms with Crippen LogP contribution in [0.3, 0.4) is 0 Å². The van der Waals surface area contributed by atoms with Crippen molar-refractivity contribution in [1.82, 2.24) is 15.2 Å². The van der Waals surface area contributed by atoms with E-state index in [-0.39, 0.29) is 17.7 Å². The third-order valence-corrected chi connectivity index (χ3v) is 6.08. The summed E-state index contributed by atoms with van der Waals surface area (Å²) in [4.78, 5) is 30.9. The highest BCUT2D eigenvalue weighted by Crippen LogP contribution is 2.40. The number of piperidine rings is 1. The summed E-state index contributed by atoms with van der Waals surface area (Å²) in [5.41, 5.74) is 7.12. The zero-order chi connectivity index (χ0) is 20.1. The van der Waals surface area contributed by atoms with Crippen LogP contribution in [0, 0.1) is 17.2 Å². The quantitative estimate of drug-likeness (QED) is 0.508. The van der Waals surface area contributed by atoms with Crippen molar-refractivity contribution in [3.63, 3.8) is 0 Å². The minimum atomic E-state index is -0.226. The summed E-state index contributed by atoms with van der Waals surface area (Å²) in [6.45, 7) is 3.00. The van der Waals surface area contributed by atoms with Gasteiger partial charge >= 0.3 is 0 Å². The van der Waals surface area contributed by atoms with Crippen LogP contribution in [0.5, 0.6) is 0 Å². The first-order chi connectivity index (χ1) is 13.5. The second kappa shape index (κ2) is 9.39. The number of carbonyl (C=O) groups is 2. The molecule has 1 saturated heterocycles. The molecule has 2 amide bonds. The van der Waals surface area contributed by atoms with E-state index in [4.69, 9.17) is 5.73 Å². The number of rotatable bonds is 8. The number of hydrogen-bond donors (Lipinski definition) is 2. The molecule has 1 atom stereocenters. The van der Waals surface area contributed by atoms with Crippen LogP contribution in [0.1, 0.15) is 59.6 Å². The number of nitrogens with two attached hydrogens (primary N) is 1. The van der Waals surface area contributed by atoms with E-state index in [0.29, 0.717) is 35.2 Å². The average Bonchev–Trinajstić information content (AvgIpc) is 3.55. The average molecular weight is 402 g/mol. The third-order valence-electron chi connectivity index (χ3n) is 5.40. The number of likely N-dealkylation sites (tertiary alicyclic amines) is 1. The second-order valence-corrected chi connectivity index (χ2v) is 8.31. The van der Waals surface area contributed by atoms with Crippen LogP contribution in [0.2, 0.25) is 0 Å². The lowest BCUT2D eigenvalue weighted by Crippen LogP contribution is -2.42. The molecule has 1 aliphatic heterocycles. The predicted molar refractivity (Wildman–Crippen MR) is 108 cm³/mol. The van der Waals surface area contributed by atoms with Gasteiger partial charge in [-0.1, -0.05) is 0 Å². The largest absolute Gasteiger partial charge is 0.369 e. The van der Waals surface area contributed by atoms with Crippen molar-refractivity contribution in [1.29, 1.82) is 5.26 Å². The maximum Gasteiger partial charge on any atom is 0.252 e. The highest BCUT2D eigenvalue weighted by atomic mass is 32.2. The fraction of sp³-hybridized carbons (Fsp3) is 0.600. The lowest BCUT2D eigenvalue weighted by molar-refractivity contribution is -0.123. The van der Waals surface area contributed by atoms with Gasteiger partial charge in [0.1, 0.15) is 11.1 Å². The van der Waals surface area contributed by atoms with Crippen LogP contribution in [0.15, 0.2) is 11.1 Å². The van der Waals surface area contributed by atoms with Crippen LogP contribution < -0.4 is 11.1 Å². The van der Waals surface area contributed by atoms with E-state index in [0.717, 1.165) is 50.9 Å². The Balaban J connectivity index is 1.55. The molecule has 3 N–H and O–H groups in total. The van der Waals surface area contributed by atoms with Crippen LogP contribution in [0.4, 0.5) is 0 Å². The van der Waals surface area contributed by atoms with Gasteiger partial charge in [0.2, 0.25) is 5.91 Å². The van der Waals surface area contributed by atoms with Crippen molar-refractivity contribution in [2.45, 2.75) is 43.0 Å². The molecule has 1 aromatic rings. The number of carbonyl (C=O) groups excluding carboxylic acids is 2.